The van der Waals surface area contributed by atoms with E-state index in [9.17, 15) is 8.42 Å². The Morgan fingerprint density at radius 3 is 2.18 bits per heavy atom. The van der Waals surface area contributed by atoms with Crippen LogP contribution in [0.1, 0.15) is 0 Å². The minimum atomic E-state index is -3.88. The van der Waals surface area contributed by atoms with Crippen molar-refractivity contribution in [2.24, 2.45) is 5.73 Å². The summed E-state index contributed by atoms with van der Waals surface area (Å²) in [5, 5.41) is 4.36. The third-order valence-corrected chi connectivity index (χ3v) is 7.11. The molecule has 0 radical (unpaired) electrons. The number of benzene rings is 3. The highest BCUT2D eigenvalue weighted by atomic mass is 35.5. The number of sulfonamides is 1. The van der Waals surface area contributed by atoms with Gasteiger partial charge in [0.05, 0.1) is 36.0 Å². The van der Waals surface area contributed by atoms with E-state index in [4.69, 9.17) is 38.4 Å². The Morgan fingerprint density at radius 1 is 0.853 bits per heavy atom. The summed E-state index contributed by atoms with van der Waals surface area (Å²) in [6.07, 6.45) is 0. The first-order valence-electron chi connectivity index (χ1n) is 10.7. The summed E-state index contributed by atoms with van der Waals surface area (Å²) in [6.45, 7) is 1.84. The lowest BCUT2D eigenvalue weighted by molar-refractivity contribution is 0.150. The van der Waals surface area contributed by atoms with Gasteiger partial charge in [0.15, 0.2) is 0 Å². The number of nitrogens with zero attached hydrogens (tertiary/aromatic N) is 1. The number of anilines is 2. The van der Waals surface area contributed by atoms with Crippen molar-refractivity contribution in [2.45, 2.75) is 4.90 Å². The number of para-hydroxylation sites is 2. The number of hydrogen-bond acceptors (Lipinski definition) is 6. The average Bonchev–Trinajstić information content (AvgIpc) is 2.83. The van der Waals surface area contributed by atoms with Crippen LogP contribution in [0.2, 0.25) is 10.0 Å². The molecule has 0 bridgehead atoms. The molecular weight excluding hydrogens is 497 g/mol. The lowest BCUT2D eigenvalue weighted by Gasteiger charge is -2.27. The highest BCUT2D eigenvalue weighted by Gasteiger charge is 2.26. The molecule has 0 unspecified atom stereocenters. The molecule has 3 rings (SSSR count). The summed E-state index contributed by atoms with van der Waals surface area (Å²) in [4.78, 5) is 0.136. The van der Waals surface area contributed by atoms with Crippen LogP contribution in [0.15, 0.2) is 77.7 Å². The van der Waals surface area contributed by atoms with Gasteiger partial charge >= 0.3 is 0 Å². The number of halogens is 2. The zero-order valence-corrected chi connectivity index (χ0v) is 20.8. The molecule has 0 spiro atoms. The fraction of sp³-hybridized carbons (Fsp3) is 0.250. The van der Waals surface area contributed by atoms with Gasteiger partial charge in [-0.2, -0.15) is 0 Å². The van der Waals surface area contributed by atoms with Crippen LogP contribution in [0.25, 0.3) is 0 Å². The van der Waals surface area contributed by atoms with Crippen LogP contribution >= 0.6 is 23.2 Å². The van der Waals surface area contributed by atoms with Crippen LogP contribution < -0.4 is 20.1 Å². The highest BCUT2D eigenvalue weighted by molar-refractivity contribution is 7.92. The van der Waals surface area contributed by atoms with Gasteiger partial charge in [-0.25, -0.2) is 8.42 Å². The summed E-state index contributed by atoms with van der Waals surface area (Å²) >= 11 is 11.9. The van der Waals surface area contributed by atoms with Crippen molar-refractivity contribution in [3.05, 3.63) is 82.8 Å². The molecule has 34 heavy (non-hydrogen) atoms. The molecule has 3 aromatic carbocycles. The smallest absolute Gasteiger partial charge is 0.264 e. The topological polar surface area (TPSA) is 93.9 Å². The molecule has 0 saturated carbocycles. The van der Waals surface area contributed by atoms with Crippen molar-refractivity contribution in [1.29, 1.82) is 0 Å². The molecule has 0 fully saturated rings. The molecule has 0 heterocycles. The van der Waals surface area contributed by atoms with E-state index in [-0.39, 0.29) is 18.0 Å². The van der Waals surface area contributed by atoms with Crippen molar-refractivity contribution < 1.29 is 17.9 Å². The van der Waals surface area contributed by atoms with Crippen molar-refractivity contribution in [3.63, 3.8) is 0 Å². The first-order valence-corrected chi connectivity index (χ1v) is 12.9. The van der Waals surface area contributed by atoms with Crippen molar-refractivity contribution >= 4 is 44.6 Å². The Balaban J connectivity index is 1.78. The monoisotopic (exact) mass is 523 g/mol. The molecule has 182 valence electrons. The van der Waals surface area contributed by atoms with Crippen LogP contribution in [0.4, 0.5) is 11.4 Å². The van der Waals surface area contributed by atoms with Crippen LogP contribution in [0, 0.1) is 0 Å². The number of rotatable bonds is 13. The van der Waals surface area contributed by atoms with Crippen LogP contribution in [0.5, 0.6) is 5.75 Å². The number of hydrogen-bond donors (Lipinski definition) is 2. The third kappa shape index (κ3) is 7.25. The average molecular weight is 524 g/mol. The van der Waals surface area contributed by atoms with Gasteiger partial charge in [-0.1, -0.05) is 35.3 Å². The van der Waals surface area contributed by atoms with E-state index in [1.807, 2.05) is 12.1 Å². The maximum absolute atomic E-state index is 13.5. The predicted octanol–water partition coefficient (Wildman–Crippen LogP) is 4.65. The Labute approximate surface area is 210 Å². The van der Waals surface area contributed by atoms with Crippen molar-refractivity contribution in [1.82, 2.24) is 0 Å². The Bertz CT molecular complexity index is 1140. The molecule has 3 N–H and O–H groups in total. The van der Waals surface area contributed by atoms with E-state index in [1.165, 1.54) is 16.4 Å². The summed E-state index contributed by atoms with van der Waals surface area (Å²) < 4.78 is 39.6. The van der Waals surface area contributed by atoms with Crippen molar-refractivity contribution in [2.75, 3.05) is 49.1 Å². The predicted molar refractivity (Wildman–Crippen MR) is 138 cm³/mol. The second-order valence-electron chi connectivity index (χ2n) is 7.18. The quantitative estimate of drug-likeness (QED) is 0.316. The first-order chi connectivity index (χ1) is 16.4. The zero-order valence-electron chi connectivity index (χ0n) is 18.5. The fourth-order valence-corrected chi connectivity index (χ4v) is 4.88. The minimum Gasteiger partial charge on any atom is -0.492 e. The molecule has 0 atom stereocenters. The molecule has 0 amide bonds. The molecule has 3 aromatic rings. The van der Waals surface area contributed by atoms with Gasteiger partial charge in [-0.15, -0.1) is 0 Å². The Kier molecular flexibility index (Phi) is 9.86. The Morgan fingerprint density at radius 2 is 1.50 bits per heavy atom. The van der Waals surface area contributed by atoms with E-state index in [1.54, 1.807) is 48.5 Å². The Hall–Kier alpha value is -2.49. The van der Waals surface area contributed by atoms with Crippen LogP contribution in [-0.4, -0.2) is 47.9 Å². The van der Waals surface area contributed by atoms with E-state index >= 15 is 0 Å². The molecular formula is C24H27Cl2N3O4S. The summed E-state index contributed by atoms with van der Waals surface area (Å²) in [7, 11) is -3.88. The maximum atomic E-state index is 13.5. The van der Waals surface area contributed by atoms with E-state index in [0.29, 0.717) is 53.5 Å². The molecule has 0 aliphatic rings. The lowest BCUT2D eigenvalue weighted by Crippen LogP contribution is -2.35. The summed E-state index contributed by atoms with van der Waals surface area (Å²) in [5.41, 5.74) is 6.64. The zero-order chi connectivity index (χ0) is 24.4. The minimum absolute atomic E-state index is 0.116. The van der Waals surface area contributed by atoms with Gasteiger partial charge < -0.3 is 20.5 Å². The van der Waals surface area contributed by atoms with Gasteiger partial charge in [0.1, 0.15) is 12.4 Å². The molecule has 7 nitrogen and oxygen atoms in total. The highest BCUT2D eigenvalue weighted by Crippen LogP contribution is 2.31. The van der Waals surface area contributed by atoms with Crippen LogP contribution in [-0.2, 0) is 14.8 Å². The standard InChI is InChI=1S/C24H27Cl2N3O4S/c25-19-5-9-21(10-6-19)33-17-14-28-23-3-1-2-4-24(23)29(15-18-32-16-13-27)34(30,31)22-11-7-20(26)8-12-22/h1-12,28H,13-18,27H2. The van der Waals surface area contributed by atoms with E-state index < -0.39 is 10.0 Å². The summed E-state index contributed by atoms with van der Waals surface area (Å²) in [6, 6.07) is 20.4. The third-order valence-electron chi connectivity index (χ3n) is 4.78. The molecule has 0 saturated heterocycles. The molecule has 10 heteroatoms. The largest absolute Gasteiger partial charge is 0.492 e. The summed E-state index contributed by atoms with van der Waals surface area (Å²) in [5.74, 6) is 0.698. The lowest BCUT2D eigenvalue weighted by atomic mass is 10.2. The first kappa shape index (κ1) is 26.1. The second-order valence-corrected chi connectivity index (χ2v) is 9.91. The normalized spacial score (nSPS) is 11.3. The van der Waals surface area contributed by atoms with Gasteiger partial charge in [0.2, 0.25) is 0 Å². The fourth-order valence-electron chi connectivity index (χ4n) is 3.16. The van der Waals surface area contributed by atoms with Gasteiger partial charge in [-0.3, -0.25) is 4.31 Å². The molecule has 0 aliphatic heterocycles. The van der Waals surface area contributed by atoms with Gasteiger partial charge in [-0.05, 0) is 60.7 Å². The number of nitrogens with one attached hydrogen (secondary N) is 1. The van der Waals surface area contributed by atoms with E-state index in [0.717, 1.165) is 0 Å². The number of ether oxygens (including phenoxy) is 2. The second kappa shape index (κ2) is 12.8. The molecule has 0 aliphatic carbocycles. The SMILES string of the molecule is NCCOCCN(c1ccccc1NCCOc1ccc(Cl)cc1)S(=O)(=O)c1ccc(Cl)cc1. The van der Waals surface area contributed by atoms with Gasteiger partial charge in [0.25, 0.3) is 10.0 Å². The van der Waals surface area contributed by atoms with Crippen molar-refractivity contribution in [3.8, 4) is 5.75 Å². The van der Waals surface area contributed by atoms with E-state index in [2.05, 4.69) is 5.32 Å². The van der Waals surface area contributed by atoms with Gasteiger partial charge in [0, 0.05) is 23.1 Å². The van der Waals surface area contributed by atoms with Crippen LogP contribution in [0.3, 0.4) is 0 Å². The number of nitrogens with two attached hydrogens (primary N) is 1. The maximum Gasteiger partial charge on any atom is 0.264 e. The molecule has 0 aromatic heterocycles.